The highest BCUT2D eigenvalue weighted by molar-refractivity contribution is 14.1. The highest BCUT2D eigenvalue weighted by Crippen LogP contribution is 2.43. The topological polar surface area (TPSA) is 187 Å². The first-order valence-corrected chi connectivity index (χ1v) is 39.3. The molecule has 0 bridgehead atoms. The molecule has 0 spiro atoms. The summed E-state index contributed by atoms with van der Waals surface area (Å²) in [6.07, 6.45) is 16.0. The molecule has 1 N–H and O–H groups in total. The molecule has 14 nitrogen and oxygen atoms in total. The minimum Gasteiger partial charge on any atom is -0.465 e. The molecule has 526 valence electrons. The van der Waals surface area contributed by atoms with Crippen LogP contribution in [-0.4, -0.2) is 133 Å². The molecule has 5 saturated heterocycles. The Balaban J connectivity index is 0.000000270. The third kappa shape index (κ3) is 25.3. The van der Waals surface area contributed by atoms with Crippen molar-refractivity contribution in [1.82, 2.24) is 0 Å². The van der Waals surface area contributed by atoms with Crippen molar-refractivity contribution < 1.29 is 64.7 Å². The summed E-state index contributed by atoms with van der Waals surface area (Å²) in [5.74, 6) is 2.03. The Morgan fingerprint density at radius 2 is 1.20 bits per heavy atom. The molecular weight excluding hydrogens is 1330 g/mol. The molecule has 2 aromatic rings. The molecule has 0 aliphatic carbocycles. The zero-order chi connectivity index (χ0) is 68.8. The van der Waals surface area contributed by atoms with Crippen molar-refractivity contribution in [3.63, 3.8) is 0 Å². The van der Waals surface area contributed by atoms with Crippen LogP contribution in [0.4, 0.5) is 0 Å². The fourth-order valence-electron chi connectivity index (χ4n) is 13.8. The zero-order valence-corrected chi connectivity index (χ0v) is 62.4. The van der Waals surface area contributed by atoms with Crippen LogP contribution in [-0.2, 0) is 62.4 Å². The van der Waals surface area contributed by atoms with E-state index in [2.05, 4.69) is 104 Å². The summed E-state index contributed by atoms with van der Waals surface area (Å²) in [4.78, 5) is 23.4. The Morgan fingerprint density at radius 3 is 1.72 bits per heavy atom. The van der Waals surface area contributed by atoms with Gasteiger partial charge in [0, 0.05) is 38.4 Å². The van der Waals surface area contributed by atoms with Gasteiger partial charge < -0.3 is 43.1 Å². The van der Waals surface area contributed by atoms with E-state index in [0.29, 0.717) is 46.5 Å². The molecule has 0 amide bonds. The number of methoxy groups -OCH3 is 1. The Kier molecular flexibility index (Phi) is 33.7. The van der Waals surface area contributed by atoms with Crippen LogP contribution in [0.15, 0.2) is 117 Å². The van der Waals surface area contributed by atoms with Gasteiger partial charge in [-0.25, -0.2) is 16.8 Å². The molecule has 0 unspecified atom stereocenters. The van der Waals surface area contributed by atoms with Gasteiger partial charge in [0.2, 0.25) is 0 Å². The van der Waals surface area contributed by atoms with Gasteiger partial charge >= 0.3 is 5.97 Å². The summed E-state index contributed by atoms with van der Waals surface area (Å²) in [6, 6.07) is 17.2. The van der Waals surface area contributed by atoms with Crippen molar-refractivity contribution in [3.05, 3.63) is 107 Å². The van der Waals surface area contributed by atoms with Crippen LogP contribution >= 0.6 is 22.6 Å². The largest absolute Gasteiger partial charge is 0.465 e. The number of halogens is 1. The lowest BCUT2D eigenvalue weighted by molar-refractivity contribution is -0.153. The van der Waals surface area contributed by atoms with Crippen molar-refractivity contribution in [1.29, 1.82) is 0 Å². The van der Waals surface area contributed by atoms with Crippen LogP contribution in [0.25, 0.3) is 0 Å². The normalized spacial score (nSPS) is 29.6. The standard InChI is InChI=1S/C35H54O7S.C22H37IO3.C19H28O4S/c1-7-23(2)18-34-35(39-6)30(22-43(37,38)29-13-9-8-10-14-29)33(42-34)21-32-26(5)24(3)19-28(41-32)15-16-31-25(4)20-27(40-31)12-11-17-36;1-15(13-16(2)18(4)23)10-11-20-17(3)14-19(26-20)9-8-12-25-21(24)22(5,6)7;1-4-14(2)12-19-15(3)17(18(23-19)10-11-20)13-24(21,22)16-8-6-5-7-9-16/h8-10,13-14,23-24,27-28,30-36H,4-5,7,11-12,15-22H2,1-3,6H3;15-16,19-20H,3-4,8-14H2,1-2,5-7H3;5-9,11,14-15,17-19H,4,10,12-13H2,1-3H3/t23-,24-,27+,28+,30+,31+,32-,33+,34-,35-;15-,16-,19+,20+;14-,15-,17-,18+,19-/m111/s1. The van der Waals surface area contributed by atoms with E-state index in [1.54, 1.807) is 61.7 Å². The summed E-state index contributed by atoms with van der Waals surface area (Å²) in [5, 5.41) is 9.17. The number of aliphatic hydroxyl groups excluding tert-OH is 1. The molecule has 5 heterocycles. The van der Waals surface area contributed by atoms with E-state index in [1.165, 1.54) is 15.6 Å². The van der Waals surface area contributed by atoms with Gasteiger partial charge in [-0.15, -0.1) is 0 Å². The van der Waals surface area contributed by atoms with Crippen LogP contribution in [0.1, 0.15) is 192 Å². The second-order valence-corrected chi connectivity index (χ2v) is 34.5. The van der Waals surface area contributed by atoms with Crippen LogP contribution in [0.3, 0.4) is 0 Å². The van der Waals surface area contributed by atoms with Crippen molar-refractivity contribution in [2.45, 2.75) is 269 Å². The van der Waals surface area contributed by atoms with E-state index < -0.39 is 25.1 Å². The molecule has 5 fully saturated rings. The minimum absolute atomic E-state index is 0.0284. The molecule has 0 radical (unpaired) electrons. The molecule has 0 saturated carbocycles. The van der Waals surface area contributed by atoms with E-state index in [4.69, 9.17) is 33.2 Å². The fraction of sp³-hybridized carbons (Fsp3) is 0.711. The third-order valence-electron chi connectivity index (χ3n) is 20.2. The number of ether oxygens (including phenoxy) is 7. The zero-order valence-electron chi connectivity index (χ0n) is 58.7. The number of hydrogen-bond donors (Lipinski definition) is 1. The van der Waals surface area contributed by atoms with E-state index in [-0.39, 0.29) is 121 Å². The summed E-state index contributed by atoms with van der Waals surface area (Å²) < 4.78 is 97.1. The number of carbonyl (C=O) groups excluding carboxylic acids is 2. The number of allylic oxidation sites excluding steroid dienone is 1. The highest BCUT2D eigenvalue weighted by Gasteiger charge is 2.49. The number of aliphatic hydroxyl groups is 1. The summed E-state index contributed by atoms with van der Waals surface area (Å²) in [6.45, 7) is 40.7. The number of carbonyl (C=O) groups is 2. The average molecular weight is 1450 g/mol. The van der Waals surface area contributed by atoms with Gasteiger partial charge in [-0.1, -0.05) is 131 Å². The van der Waals surface area contributed by atoms with Gasteiger partial charge in [-0.05, 0) is 213 Å². The molecule has 17 heteroatoms. The van der Waals surface area contributed by atoms with E-state index in [9.17, 15) is 31.5 Å². The smallest absolute Gasteiger partial charge is 0.311 e. The Morgan fingerprint density at radius 1 is 0.688 bits per heavy atom. The van der Waals surface area contributed by atoms with Gasteiger partial charge in [0.05, 0.1) is 100 Å². The highest BCUT2D eigenvalue weighted by atomic mass is 127. The average Bonchev–Trinajstić information content (AvgIpc) is 1.70. The first-order valence-electron chi connectivity index (χ1n) is 34.9. The molecule has 0 aromatic heterocycles. The number of aldehydes is 1. The Bertz CT molecular complexity index is 2860. The molecule has 2 aromatic carbocycles. The number of sulfone groups is 2. The molecule has 19 atom stereocenters. The van der Waals surface area contributed by atoms with Gasteiger partial charge in [-0.3, -0.25) is 4.79 Å². The summed E-state index contributed by atoms with van der Waals surface area (Å²) >= 11 is 2.33. The Hall–Kier alpha value is -3.11. The lowest BCUT2D eigenvalue weighted by Gasteiger charge is -2.38. The third-order valence-corrected chi connectivity index (χ3v) is 24.9. The molecule has 5 aliphatic rings. The fourth-order valence-corrected chi connectivity index (χ4v) is 17.5. The predicted molar refractivity (Wildman–Crippen MR) is 382 cm³/mol. The number of rotatable bonds is 33. The Labute approximate surface area is 575 Å². The monoisotopic (exact) mass is 1450 g/mol. The predicted octanol–water partition coefficient (Wildman–Crippen LogP) is 16.3. The number of esters is 1. The maximum absolute atomic E-state index is 13.6. The first kappa shape index (κ1) is 80.6. The van der Waals surface area contributed by atoms with Crippen LogP contribution in [0.2, 0.25) is 0 Å². The maximum Gasteiger partial charge on any atom is 0.311 e. The quantitative estimate of drug-likeness (QED) is 0.0234. The SMILES string of the molecule is C=C(I)[C@H](C)C[C@H](C)CC[C@@H]1O[C@@H](CCCOC(=O)C(C)(C)C)CC1=C.C=C1C[C@H](CCCO)O[C@H]1CC[C@H]1C[C@@H](C)C(=C)[C@@H](C[C@@H]2O[C@H](C[C@H](C)CC)[C@H](OC)[C@H]2CS(=O)(=O)c2ccccc2)O1.CC[C@@H](C)C[C@H]1O[C@@H](CC=O)[C@H](CS(=O)(=O)c2ccccc2)[C@H]1C. The summed E-state index contributed by atoms with van der Waals surface area (Å²) in [7, 11) is -5.26. The first-order chi connectivity index (χ1) is 43.9. The summed E-state index contributed by atoms with van der Waals surface area (Å²) in [5.41, 5.74) is 2.98. The van der Waals surface area contributed by atoms with Gasteiger partial charge in [0.15, 0.2) is 19.7 Å². The van der Waals surface area contributed by atoms with E-state index in [1.807, 2.05) is 26.8 Å². The lowest BCUT2D eigenvalue weighted by atomic mass is 9.83. The van der Waals surface area contributed by atoms with Crippen LogP contribution in [0, 0.1) is 52.8 Å². The van der Waals surface area contributed by atoms with Gasteiger partial charge in [-0.2, -0.15) is 0 Å². The molecule has 7 rings (SSSR count). The minimum atomic E-state index is -3.55. The second-order valence-electron chi connectivity index (χ2n) is 29.1. The number of hydrogen-bond acceptors (Lipinski definition) is 14. The van der Waals surface area contributed by atoms with E-state index >= 15 is 0 Å². The number of benzene rings is 2. The second kappa shape index (κ2) is 38.9. The molecule has 93 heavy (non-hydrogen) atoms. The lowest BCUT2D eigenvalue weighted by Crippen LogP contribution is -2.40. The van der Waals surface area contributed by atoms with Gasteiger partial charge in [0.25, 0.3) is 0 Å². The van der Waals surface area contributed by atoms with Crippen molar-refractivity contribution in [2.24, 2.45) is 52.8 Å². The van der Waals surface area contributed by atoms with Crippen molar-refractivity contribution in [3.8, 4) is 0 Å². The van der Waals surface area contributed by atoms with Gasteiger partial charge in [0.1, 0.15) is 6.29 Å². The van der Waals surface area contributed by atoms with Crippen LogP contribution in [0.5, 0.6) is 0 Å². The van der Waals surface area contributed by atoms with Crippen LogP contribution < -0.4 is 0 Å². The van der Waals surface area contributed by atoms with E-state index in [0.717, 1.165) is 114 Å². The molecule has 5 aliphatic heterocycles. The van der Waals surface area contributed by atoms with Crippen molar-refractivity contribution >= 4 is 54.5 Å². The van der Waals surface area contributed by atoms with Crippen molar-refractivity contribution in [2.75, 3.05) is 31.8 Å². The molecular formula is C76H119IO14S2. The maximum atomic E-state index is 13.6.